The molecule has 94 valence electrons. The zero-order valence-corrected chi connectivity index (χ0v) is 11.7. The third-order valence-corrected chi connectivity index (χ3v) is 4.56. The van der Waals surface area contributed by atoms with E-state index in [9.17, 15) is 9.59 Å². The van der Waals surface area contributed by atoms with Gasteiger partial charge in [-0.3, -0.25) is 9.59 Å². The minimum Gasteiger partial charge on any atom is -0.359 e. The number of amides is 2. The first-order valence-corrected chi connectivity index (χ1v) is 7.34. The molecule has 0 bridgehead atoms. The molecule has 0 aromatic heterocycles. The Morgan fingerprint density at radius 2 is 1.38 bits per heavy atom. The molecule has 0 radical (unpaired) electrons. The molecule has 16 heavy (non-hydrogen) atoms. The van der Waals surface area contributed by atoms with Crippen LogP contribution in [0.3, 0.4) is 0 Å². The predicted octanol–water partition coefficient (Wildman–Crippen LogP) is 1.07. The monoisotopic (exact) mass is 264 g/mol. The first kappa shape index (κ1) is 15.6. The van der Waals surface area contributed by atoms with Crippen LogP contribution in [0, 0.1) is 0 Å². The van der Waals surface area contributed by atoms with Crippen molar-refractivity contribution >= 4 is 35.3 Å². The number of carbonyl (C=O) groups excluding carboxylic acids is 2. The molecule has 6 heteroatoms. The average molecular weight is 264 g/mol. The fourth-order valence-corrected chi connectivity index (χ4v) is 3.17. The fourth-order valence-electron chi connectivity index (χ4n) is 0.933. The molecule has 0 unspecified atom stereocenters. The summed E-state index contributed by atoms with van der Waals surface area (Å²) in [5, 5.41) is 5.18. The second-order valence-electron chi connectivity index (χ2n) is 3.16. The lowest BCUT2D eigenvalue weighted by Gasteiger charge is -2.10. The second-order valence-corrected chi connectivity index (χ2v) is 6.35. The van der Waals surface area contributed by atoms with Gasteiger partial charge in [-0.15, -0.1) is 23.5 Å². The summed E-state index contributed by atoms with van der Waals surface area (Å²) in [6.45, 7) is 2.10. The summed E-state index contributed by atoms with van der Waals surface area (Å²) >= 11 is 3.50. The van der Waals surface area contributed by atoms with Crippen molar-refractivity contribution in [2.45, 2.75) is 24.3 Å². The zero-order chi connectivity index (χ0) is 12.4. The molecule has 0 aromatic rings. The SMILES string of the molecule is CNC(=O)CCSC(C)SCCC(=O)NC. The summed E-state index contributed by atoms with van der Waals surface area (Å²) in [6, 6.07) is 0. The van der Waals surface area contributed by atoms with E-state index in [0.29, 0.717) is 17.4 Å². The summed E-state index contributed by atoms with van der Waals surface area (Å²) in [5.74, 6) is 1.81. The number of thioether (sulfide) groups is 2. The third-order valence-electron chi connectivity index (χ3n) is 1.92. The highest BCUT2D eigenvalue weighted by molar-refractivity contribution is 8.16. The van der Waals surface area contributed by atoms with E-state index in [4.69, 9.17) is 0 Å². The van der Waals surface area contributed by atoms with Crippen molar-refractivity contribution in [1.82, 2.24) is 10.6 Å². The van der Waals surface area contributed by atoms with Crippen molar-refractivity contribution in [3.63, 3.8) is 0 Å². The predicted molar refractivity (Wildman–Crippen MR) is 71.7 cm³/mol. The van der Waals surface area contributed by atoms with Crippen molar-refractivity contribution in [1.29, 1.82) is 0 Å². The van der Waals surface area contributed by atoms with Crippen molar-refractivity contribution < 1.29 is 9.59 Å². The molecule has 2 amide bonds. The van der Waals surface area contributed by atoms with Gasteiger partial charge in [-0.25, -0.2) is 0 Å². The van der Waals surface area contributed by atoms with Crippen LogP contribution >= 0.6 is 23.5 Å². The molecule has 2 N–H and O–H groups in total. The molecule has 0 saturated carbocycles. The van der Waals surface area contributed by atoms with Gasteiger partial charge in [0.2, 0.25) is 11.8 Å². The lowest BCUT2D eigenvalue weighted by Crippen LogP contribution is -2.18. The molecule has 0 saturated heterocycles. The van der Waals surface area contributed by atoms with Crippen LogP contribution in [0.2, 0.25) is 0 Å². The summed E-state index contributed by atoms with van der Waals surface area (Å²) in [4.78, 5) is 21.9. The number of rotatable bonds is 8. The Balaban J connectivity index is 3.41. The highest BCUT2D eigenvalue weighted by Crippen LogP contribution is 2.24. The maximum absolute atomic E-state index is 11.0. The van der Waals surface area contributed by atoms with Gasteiger partial charge in [-0.05, 0) is 6.92 Å². The van der Waals surface area contributed by atoms with Gasteiger partial charge >= 0.3 is 0 Å². The summed E-state index contributed by atoms with van der Waals surface area (Å²) in [7, 11) is 3.29. The Labute approximate surface area is 106 Å². The van der Waals surface area contributed by atoms with Crippen LogP contribution < -0.4 is 10.6 Å². The molecule has 0 fully saturated rings. The van der Waals surface area contributed by atoms with E-state index < -0.39 is 0 Å². The lowest BCUT2D eigenvalue weighted by atomic mass is 10.5. The minimum absolute atomic E-state index is 0.0788. The van der Waals surface area contributed by atoms with E-state index in [2.05, 4.69) is 17.6 Å². The van der Waals surface area contributed by atoms with E-state index >= 15 is 0 Å². The molecule has 0 aromatic carbocycles. The number of hydrogen-bond acceptors (Lipinski definition) is 4. The fraction of sp³-hybridized carbons (Fsp3) is 0.800. The van der Waals surface area contributed by atoms with Gasteiger partial charge in [0.1, 0.15) is 0 Å². The maximum Gasteiger partial charge on any atom is 0.220 e. The Hall–Kier alpha value is -0.360. The van der Waals surface area contributed by atoms with E-state index in [1.807, 2.05) is 0 Å². The highest BCUT2D eigenvalue weighted by Gasteiger charge is 2.06. The van der Waals surface area contributed by atoms with Crippen molar-refractivity contribution in [3.8, 4) is 0 Å². The summed E-state index contributed by atoms with van der Waals surface area (Å²) in [5.41, 5.74) is 0. The number of hydrogen-bond donors (Lipinski definition) is 2. The van der Waals surface area contributed by atoms with Crippen molar-refractivity contribution in [2.24, 2.45) is 0 Å². The van der Waals surface area contributed by atoms with Gasteiger partial charge in [0, 0.05) is 43.0 Å². The van der Waals surface area contributed by atoms with E-state index in [1.165, 1.54) is 0 Å². The first-order valence-electron chi connectivity index (χ1n) is 5.24. The van der Waals surface area contributed by atoms with Gasteiger partial charge in [0.05, 0.1) is 0 Å². The van der Waals surface area contributed by atoms with Crippen LogP contribution in [0.4, 0.5) is 0 Å². The van der Waals surface area contributed by atoms with Gasteiger partial charge < -0.3 is 10.6 Å². The lowest BCUT2D eigenvalue weighted by molar-refractivity contribution is -0.121. The van der Waals surface area contributed by atoms with Gasteiger partial charge in [-0.1, -0.05) is 0 Å². The van der Waals surface area contributed by atoms with Crippen molar-refractivity contribution in [3.05, 3.63) is 0 Å². The van der Waals surface area contributed by atoms with Crippen LogP contribution in [0.25, 0.3) is 0 Å². The number of carbonyl (C=O) groups is 2. The second kappa shape index (κ2) is 9.84. The van der Waals surface area contributed by atoms with Crippen LogP contribution in [0.15, 0.2) is 0 Å². The topological polar surface area (TPSA) is 58.2 Å². The molecule has 0 aliphatic rings. The standard InChI is InChI=1S/C10H20N2O2S2/c1-8(15-6-4-9(13)11-2)16-7-5-10(14)12-3/h8H,4-7H2,1-3H3,(H,11,13)(H,12,14). The van der Waals surface area contributed by atoms with Crippen LogP contribution in [0.5, 0.6) is 0 Å². The molecule has 0 heterocycles. The largest absolute Gasteiger partial charge is 0.359 e. The molecule has 0 spiro atoms. The maximum atomic E-state index is 11.0. The quantitative estimate of drug-likeness (QED) is 0.644. The summed E-state index contributed by atoms with van der Waals surface area (Å²) in [6.07, 6.45) is 1.11. The Morgan fingerprint density at radius 1 is 1.00 bits per heavy atom. The van der Waals surface area contributed by atoms with Crippen LogP contribution in [0.1, 0.15) is 19.8 Å². The third kappa shape index (κ3) is 8.91. The Kier molecular flexibility index (Phi) is 9.62. The molecular weight excluding hydrogens is 244 g/mol. The smallest absolute Gasteiger partial charge is 0.220 e. The zero-order valence-electron chi connectivity index (χ0n) is 10.0. The highest BCUT2D eigenvalue weighted by atomic mass is 32.2. The van der Waals surface area contributed by atoms with E-state index in [0.717, 1.165) is 11.5 Å². The van der Waals surface area contributed by atoms with Gasteiger partial charge in [-0.2, -0.15) is 0 Å². The van der Waals surface area contributed by atoms with E-state index in [-0.39, 0.29) is 11.8 Å². The molecule has 0 aliphatic heterocycles. The van der Waals surface area contributed by atoms with Gasteiger partial charge in [0.25, 0.3) is 0 Å². The Bertz CT molecular complexity index is 203. The molecule has 0 atom stereocenters. The van der Waals surface area contributed by atoms with Crippen LogP contribution in [-0.2, 0) is 9.59 Å². The minimum atomic E-state index is 0.0788. The average Bonchev–Trinajstić information content (AvgIpc) is 2.28. The molecular formula is C10H20N2O2S2. The van der Waals surface area contributed by atoms with Crippen molar-refractivity contribution in [2.75, 3.05) is 25.6 Å². The summed E-state index contributed by atoms with van der Waals surface area (Å²) < 4.78 is 0.425. The number of nitrogens with one attached hydrogen (secondary N) is 2. The first-order chi connectivity index (χ1) is 7.60. The van der Waals surface area contributed by atoms with Gasteiger partial charge in [0.15, 0.2) is 0 Å². The Morgan fingerprint density at radius 3 is 1.69 bits per heavy atom. The molecule has 4 nitrogen and oxygen atoms in total. The normalized spacial score (nSPS) is 10.2. The molecule has 0 rings (SSSR count). The van der Waals surface area contributed by atoms with E-state index in [1.54, 1.807) is 37.6 Å². The molecule has 0 aliphatic carbocycles. The van der Waals surface area contributed by atoms with Crippen LogP contribution in [-0.4, -0.2) is 42.0 Å².